The van der Waals surface area contributed by atoms with Crippen LogP contribution in [0.5, 0.6) is 0 Å². The van der Waals surface area contributed by atoms with Crippen molar-refractivity contribution >= 4 is 22.9 Å². The van der Waals surface area contributed by atoms with Gasteiger partial charge >= 0.3 is 0 Å². The summed E-state index contributed by atoms with van der Waals surface area (Å²) < 4.78 is 0. The van der Waals surface area contributed by atoms with Crippen LogP contribution in [0, 0.1) is 0 Å². The molecule has 4 heteroatoms. The van der Waals surface area contributed by atoms with Crippen molar-refractivity contribution in [2.24, 2.45) is 5.73 Å². The number of aromatic nitrogens is 1. The molecule has 1 heterocycles. The quantitative estimate of drug-likeness (QED) is 0.794. The van der Waals surface area contributed by atoms with Crippen molar-refractivity contribution in [2.45, 2.75) is 32.2 Å². The van der Waals surface area contributed by atoms with Gasteiger partial charge in [0.2, 0.25) is 0 Å². The summed E-state index contributed by atoms with van der Waals surface area (Å²) in [6.45, 7) is 3.29. The molecule has 0 unspecified atom stereocenters. The Morgan fingerprint density at radius 3 is 2.94 bits per heavy atom. The van der Waals surface area contributed by atoms with Crippen LogP contribution in [0.15, 0.2) is 18.3 Å². The number of rotatable bonds is 5. The van der Waals surface area contributed by atoms with Crippen LogP contribution in [-0.2, 0) is 0 Å². The second kappa shape index (κ2) is 4.78. The summed E-state index contributed by atoms with van der Waals surface area (Å²) in [6, 6.07) is 4.74. The van der Waals surface area contributed by atoms with Crippen molar-refractivity contribution in [1.82, 2.24) is 4.98 Å². The molecule has 1 saturated carbocycles. The van der Waals surface area contributed by atoms with E-state index in [0.29, 0.717) is 16.7 Å². The average molecular weight is 235 g/mol. The first-order valence-corrected chi connectivity index (χ1v) is 6.15. The van der Waals surface area contributed by atoms with Gasteiger partial charge in [0.1, 0.15) is 4.99 Å². The zero-order valence-electron chi connectivity index (χ0n) is 9.52. The Morgan fingerprint density at radius 2 is 2.38 bits per heavy atom. The predicted molar refractivity (Wildman–Crippen MR) is 70.8 cm³/mol. The summed E-state index contributed by atoms with van der Waals surface area (Å²) in [7, 11) is 0. The van der Waals surface area contributed by atoms with Gasteiger partial charge in [-0.25, -0.2) is 0 Å². The normalized spacial score (nSPS) is 14.8. The van der Waals surface area contributed by atoms with Gasteiger partial charge in [0, 0.05) is 24.5 Å². The van der Waals surface area contributed by atoms with E-state index in [1.165, 1.54) is 18.5 Å². The maximum absolute atomic E-state index is 5.60. The van der Waals surface area contributed by atoms with Crippen molar-refractivity contribution in [3.63, 3.8) is 0 Å². The highest BCUT2D eigenvalue weighted by Gasteiger charge is 2.28. The zero-order chi connectivity index (χ0) is 11.5. The van der Waals surface area contributed by atoms with Gasteiger partial charge < -0.3 is 10.6 Å². The summed E-state index contributed by atoms with van der Waals surface area (Å²) in [6.07, 6.45) is 5.53. The van der Waals surface area contributed by atoms with Crippen LogP contribution in [0.3, 0.4) is 0 Å². The molecular formula is C12H17N3S. The van der Waals surface area contributed by atoms with E-state index in [1.807, 2.05) is 12.1 Å². The first-order chi connectivity index (χ1) is 7.72. The summed E-state index contributed by atoms with van der Waals surface area (Å²) in [5.41, 5.74) is 7.51. The topological polar surface area (TPSA) is 42.2 Å². The van der Waals surface area contributed by atoms with Crippen molar-refractivity contribution in [3.05, 3.63) is 24.0 Å². The van der Waals surface area contributed by atoms with E-state index in [0.717, 1.165) is 13.0 Å². The molecule has 0 saturated heterocycles. The number of thiocarbonyl (C=S) groups is 1. The number of pyridine rings is 1. The molecule has 0 bridgehead atoms. The fourth-order valence-corrected chi connectivity index (χ4v) is 1.99. The molecule has 0 spiro atoms. The number of hydrogen-bond acceptors (Lipinski definition) is 3. The van der Waals surface area contributed by atoms with Crippen LogP contribution in [0.25, 0.3) is 0 Å². The number of nitrogens with zero attached hydrogens (tertiary/aromatic N) is 2. The Kier molecular flexibility index (Phi) is 3.39. The molecule has 2 N–H and O–H groups in total. The lowest BCUT2D eigenvalue weighted by molar-refractivity contribution is 0.762. The first kappa shape index (κ1) is 11.3. The molecular weight excluding hydrogens is 218 g/mol. The van der Waals surface area contributed by atoms with Gasteiger partial charge in [-0.1, -0.05) is 19.1 Å². The molecule has 16 heavy (non-hydrogen) atoms. The lowest BCUT2D eigenvalue weighted by Crippen LogP contribution is -2.27. The number of anilines is 1. The monoisotopic (exact) mass is 235 g/mol. The van der Waals surface area contributed by atoms with Gasteiger partial charge in [0.15, 0.2) is 0 Å². The third-order valence-electron chi connectivity index (χ3n) is 2.78. The molecule has 0 amide bonds. The summed E-state index contributed by atoms with van der Waals surface area (Å²) in [4.78, 5) is 6.97. The molecule has 1 aliphatic rings. The Balaban J connectivity index is 2.22. The molecule has 3 nitrogen and oxygen atoms in total. The second-order valence-corrected chi connectivity index (χ2v) is 4.63. The van der Waals surface area contributed by atoms with Crippen LogP contribution in [-0.4, -0.2) is 22.6 Å². The summed E-state index contributed by atoms with van der Waals surface area (Å²) in [5.74, 6) is 0. The molecule has 1 fully saturated rings. The van der Waals surface area contributed by atoms with E-state index in [9.17, 15) is 0 Å². The van der Waals surface area contributed by atoms with Gasteiger partial charge in [-0.15, -0.1) is 0 Å². The fraction of sp³-hybridized carbons (Fsp3) is 0.500. The Hall–Kier alpha value is -1.16. The highest BCUT2D eigenvalue weighted by Crippen LogP contribution is 2.31. The SMILES string of the molecule is CCCN(c1ccnc(C(N)=S)c1)C1CC1. The maximum atomic E-state index is 5.60. The Bertz CT molecular complexity index is 388. The lowest BCUT2D eigenvalue weighted by Gasteiger charge is -2.24. The van der Waals surface area contributed by atoms with E-state index in [-0.39, 0.29) is 0 Å². The van der Waals surface area contributed by atoms with Gasteiger partial charge in [-0.2, -0.15) is 0 Å². The molecule has 0 aromatic carbocycles. The van der Waals surface area contributed by atoms with E-state index in [4.69, 9.17) is 18.0 Å². The van der Waals surface area contributed by atoms with E-state index in [2.05, 4.69) is 16.8 Å². The fourth-order valence-electron chi connectivity index (χ4n) is 1.88. The van der Waals surface area contributed by atoms with Crippen LogP contribution in [0.4, 0.5) is 5.69 Å². The molecule has 0 aliphatic heterocycles. The Morgan fingerprint density at radius 1 is 1.62 bits per heavy atom. The van der Waals surface area contributed by atoms with Crippen molar-refractivity contribution in [1.29, 1.82) is 0 Å². The third-order valence-corrected chi connectivity index (χ3v) is 2.99. The standard InChI is InChI=1S/C12H17N3S/c1-2-7-15(9-3-4-9)10-5-6-14-11(8-10)12(13)16/h5-6,8-9H,2-4,7H2,1H3,(H2,13,16). The smallest absolute Gasteiger partial charge is 0.122 e. The van der Waals surface area contributed by atoms with Crippen molar-refractivity contribution in [2.75, 3.05) is 11.4 Å². The number of hydrogen-bond donors (Lipinski definition) is 1. The minimum Gasteiger partial charge on any atom is -0.388 e. The molecule has 1 aromatic rings. The third kappa shape index (κ3) is 2.50. The lowest BCUT2D eigenvalue weighted by atomic mass is 10.2. The largest absolute Gasteiger partial charge is 0.388 e. The molecule has 0 radical (unpaired) electrons. The van der Waals surface area contributed by atoms with E-state index >= 15 is 0 Å². The van der Waals surface area contributed by atoms with Gasteiger partial charge in [-0.05, 0) is 31.4 Å². The van der Waals surface area contributed by atoms with Gasteiger partial charge in [-0.3, -0.25) is 4.98 Å². The Labute approximate surface area is 102 Å². The van der Waals surface area contributed by atoms with Crippen LogP contribution >= 0.6 is 12.2 Å². The maximum Gasteiger partial charge on any atom is 0.122 e. The highest BCUT2D eigenvalue weighted by molar-refractivity contribution is 7.80. The van der Waals surface area contributed by atoms with Gasteiger partial charge in [0.05, 0.1) is 5.69 Å². The van der Waals surface area contributed by atoms with E-state index in [1.54, 1.807) is 6.20 Å². The van der Waals surface area contributed by atoms with Crippen LogP contribution < -0.4 is 10.6 Å². The molecule has 0 atom stereocenters. The van der Waals surface area contributed by atoms with Crippen LogP contribution in [0.1, 0.15) is 31.9 Å². The van der Waals surface area contributed by atoms with E-state index < -0.39 is 0 Å². The first-order valence-electron chi connectivity index (χ1n) is 5.75. The van der Waals surface area contributed by atoms with Gasteiger partial charge in [0.25, 0.3) is 0 Å². The molecule has 86 valence electrons. The predicted octanol–water partition coefficient (Wildman–Crippen LogP) is 2.09. The average Bonchev–Trinajstić information content (AvgIpc) is 3.10. The zero-order valence-corrected chi connectivity index (χ0v) is 10.3. The molecule has 2 rings (SSSR count). The second-order valence-electron chi connectivity index (χ2n) is 4.19. The minimum absolute atomic E-state index is 0.370. The highest BCUT2D eigenvalue weighted by atomic mass is 32.1. The summed E-state index contributed by atoms with van der Waals surface area (Å²) >= 11 is 4.95. The molecule has 1 aromatic heterocycles. The number of nitrogens with two attached hydrogens (primary N) is 1. The van der Waals surface area contributed by atoms with Crippen LogP contribution in [0.2, 0.25) is 0 Å². The van der Waals surface area contributed by atoms with Crippen molar-refractivity contribution < 1.29 is 0 Å². The minimum atomic E-state index is 0.370. The summed E-state index contributed by atoms with van der Waals surface area (Å²) in [5, 5.41) is 0. The molecule has 1 aliphatic carbocycles. The van der Waals surface area contributed by atoms with Crippen molar-refractivity contribution in [3.8, 4) is 0 Å².